The topological polar surface area (TPSA) is 134 Å². The van der Waals surface area contributed by atoms with Crippen LogP contribution in [0.4, 0.5) is 0 Å². The maximum atomic E-state index is 12.8. The maximum Gasteiger partial charge on any atom is 0.472 e. The Labute approximate surface area is 571 Å². The predicted octanol–water partition coefficient (Wildman–Crippen LogP) is 25.1. The first-order chi connectivity index (χ1) is 45.8. The van der Waals surface area contributed by atoms with E-state index in [2.05, 4.69) is 196 Å². The van der Waals surface area contributed by atoms with E-state index in [1.54, 1.807) is 0 Å². The van der Waals surface area contributed by atoms with Crippen molar-refractivity contribution in [2.24, 2.45) is 5.73 Å². The molecule has 0 rings (SSSR count). The monoisotopic (exact) mass is 1310 g/mol. The van der Waals surface area contributed by atoms with Crippen LogP contribution in [0.25, 0.3) is 0 Å². The van der Waals surface area contributed by atoms with Crippen LogP contribution < -0.4 is 5.73 Å². The predicted molar refractivity (Wildman–Crippen MR) is 403 cm³/mol. The van der Waals surface area contributed by atoms with Gasteiger partial charge in [-0.2, -0.15) is 0 Å². The number of hydrogen-bond acceptors (Lipinski definition) is 8. The molecule has 93 heavy (non-hydrogen) atoms. The maximum absolute atomic E-state index is 12.8. The van der Waals surface area contributed by atoms with E-state index in [9.17, 15) is 19.0 Å². The molecular formula is C83H136NO8P. The van der Waals surface area contributed by atoms with Crippen LogP contribution in [0.3, 0.4) is 0 Å². The van der Waals surface area contributed by atoms with Gasteiger partial charge in [0.1, 0.15) is 6.61 Å². The summed E-state index contributed by atoms with van der Waals surface area (Å²) in [6, 6.07) is 0. The van der Waals surface area contributed by atoms with E-state index in [0.717, 1.165) is 135 Å². The van der Waals surface area contributed by atoms with Crippen molar-refractivity contribution in [1.29, 1.82) is 0 Å². The summed E-state index contributed by atoms with van der Waals surface area (Å²) in [4.78, 5) is 35.4. The number of nitrogens with two attached hydrogens (primary N) is 1. The highest BCUT2D eigenvalue weighted by atomic mass is 31.2. The molecule has 526 valence electrons. The van der Waals surface area contributed by atoms with Gasteiger partial charge in [0.2, 0.25) is 0 Å². The lowest BCUT2D eigenvalue weighted by atomic mass is 10.0. The molecule has 3 N–H and O–H groups in total. The highest BCUT2D eigenvalue weighted by molar-refractivity contribution is 7.47. The second-order valence-corrected chi connectivity index (χ2v) is 25.5. The lowest BCUT2D eigenvalue weighted by Crippen LogP contribution is -2.29. The zero-order valence-corrected chi connectivity index (χ0v) is 60.1. The number of allylic oxidation sites excluding steroid dienone is 30. The normalized spacial score (nSPS) is 14.0. The van der Waals surface area contributed by atoms with Crippen LogP contribution in [-0.4, -0.2) is 49.3 Å². The van der Waals surface area contributed by atoms with Crippen molar-refractivity contribution in [3.63, 3.8) is 0 Å². The van der Waals surface area contributed by atoms with Crippen molar-refractivity contribution < 1.29 is 37.6 Å². The highest BCUT2D eigenvalue weighted by Crippen LogP contribution is 2.43. The summed E-state index contributed by atoms with van der Waals surface area (Å²) in [7, 11) is -4.42. The molecule has 0 aliphatic carbocycles. The number of phosphoric acid groups is 1. The van der Waals surface area contributed by atoms with Gasteiger partial charge in [-0.05, 0) is 141 Å². The minimum atomic E-state index is -4.42. The summed E-state index contributed by atoms with van der Waals surface area (Å²) in [6.45, 7) is 3.59. The second kappa shape index (κ2) is 76.1. The smallest absolute Gasteiger partial charge is 0.462 e. The van der Waals surface area contributed by atoms with E-state index >= 15 is 0 Å². The van der Waals surface area contributed by atoms with Crippen molar-refractivity contribution in [1.82, 2.24) is 0 Å². The Hall–Kier alpha value is -4.89. The first-order valence-electron chi connectivity index (χ1n) is 37.3. The van der Waals surface area contributed by atoms with Crippen molar-refractivity contribution in [2.45, 2.75) is 302 Å². The van der Waals surface area contributed by atoms with Crippen LogP contribution in [0.1, 0.15) is 296 Å². The van der Waals surface area contributed by atoms with Crippen molar-refractivity contribution in [3.05, 3.63) is 182 Å². The molecule has 0 amide bonds. The van der Waals surface area contributed by atoms with Crippen molar-refractivity contribution in [2.75, 3.05) is 26.4 Å². The summed E-state index contributed by atoms with van der Waals surface area (Å²) in [6.07, 6.45) is 114. The average Bonchev–Trinajstić information content (AvgIpc) is 3.49. The van der Waals surface area contributed by atoms with Crippen LogP contribution >= 0.6 is 7.82 Å². The number of carbonyl (C=O) groups is 2. The summed E-state index contributed by atoms with van der Waals surface area (Å²) in [5, 5.41) is 0. The zero-order chi connectivity index (χ0) is 67.2. The average molecular weight is 1310 g/mol. The van der Waals surface area contributed by atoms with Crippen LogP contribution in [0, 0.1) is 0 Å². The van der Waals surface area contributed by atoms with Gasteiger partial charge in [0.25, 0.3) is 0 Å². The summed E-state index contributed by atoms with van der Waals surface area (Å²) < 4.78 is 33.2. The third kappa shape index (κ3) is 76.0. The van der Waals surface area contributed by atoms with Crippen LogP contribution in [0.5, 0.6) is 0 Å². The SMILES string of the molecule is CC/C=C\C/C=C\C/C=C\C/C=C\C/C=C\C/C=C\C/C=C\C/C=C\C/C=C\C/C=C\C/C=C\C/C=C\CCCCCCC(=O)OC(COC(=O)CCCCCCCCCCCCCCCCCC/C=C\C/C=C\C/C=C\CCCCCCC)COP(=O)(O)OCCN. The Morgan fingerprint density at radius 3 is 0.882 bits per heavy atom. The molecule has 10 heteroatoms. The number of rotatable bonds is 68. The molecule has 0 aliphatic heterocycles. The van der Waals surface area contributed by atoms with Crippen LogP contribution in [0.2, 0.25) is 0 Å². The molecule has 0 aromatic carbocycles. The lowest BCUT2D eigenvalue weighted by molar-refractivity contribution is -0.161. The Balaban J connectivity index is 4.00. The Morgan fingerprint density at radius 2 is 0.591 bits per heavy atom. The molecule has 0 radical (unpaired) electrons. The first kappa shape index (κ1) is 88.1. The quantitative estimate of drug-likeness (QED) is 0.0264. The van der Waals surface area contributed by atoms with Crippen molar-refractivity contribution >= 4 is 19.8 Å². The van der Waals surface area contributed by atoms with Gasteiger partial charge in [0.05, 0.1) is 13.2 Å². The van der Waals surface area contributed by atoms with Gasteiger partial charge in [-0.3, -0.25) is 18.6 Å². The highest BCUT2D eigenvalue weighted by Gasteiger charge is 2.26. The van der Waals surface area contributed by atoms with E-state index in [1.165, 1.54) is 128 Å². The standard InChI is InChI=1S/C83H136NO8P/c1-3-5-7-9-11-13-15-17-19-21-23-25-27-29-31-33-35-36-37-38-39-40-41-42-43-44-46-48-50-52-54-56-58-60-62-64-66-68-70-72-74-76-83(86)92-81(80-91-93(87,88)90-78-77-84)79-89-82(85)75-73-71-69-67-65-63-61-59-57-55-53-51-49-47-45-34-32-30-28-26-24-22-20-18-16-14-12-10-8-6-4-2/h5,7,11,13,16-19,22-25,28-31,35-36,38-39,41-42,44,46,50,52,56,58,62,64,81H,3-4,6,8-10,12,14-15,20-21,26-27,32-34,37,40,43,45,47-49,51,53-55,57,59-61,63,65-80,84H2,1-2H3,(H,87,88)/b7-5-,13-11-,18-16-,19-17-,24-22-,25-23-,30-28-,31-29-,36-35-,39-38-,42-41-,46-44-,52-50-,58-56-,64-62-. The van der Waals surface area contributed by atoms with E-state index in [1.807, 2.05) is 0 Å². The molecule has 0 saturated carbocycles. The molecule has 9 nitrogen and oxygen atoms in total. The Kier molecular flexibility index (Phi) is 72.1. The van der Waals surface area contributed by atoms with E-state index in [4.69, 9.17) is 24.3 Å². The lowest BCUT2D eigenvalue weighted by Gasteiger charge is -2.19. The number of esters is 2. The van der Waals surface area contributed by atoms with E-state index in [-0.39, 0.29) is 32.6 Å². The molecular weight excluding hydrogens is 1170 g/mol. The van der Waals surface area contributed by atoms with Gasteiger partial charge < -0.3 is 20.1 Å². The molecule has 2 unspecified atom stereocenters. The molecule has 0 spiro atoms. The second-order valence-electron chi connectivity index (χ2n) is 24.1. The molecule has 0 aromatic heterocycles. The minimum absolute atomic E-state index is 0.0405. The van der Waals surface area contributed by atoms with Crippen molar-refractivity contribution in [3.8, 4) is 0 Å². The van der Waals surface area contributed by atoms with Crippen LogP contribution in [0.15, 0.2) is 182 Å². The summed E-state index contributed by atoms with van der Waals surface area (Å²) >= 11 is 0. The summed E-state index contributed by atoms with van der Waals surface area (Å²) in [5.74, 6) is -0.863. The molecule has 0 heterocycles. The Bertz CT molecular complexity index is 2180. The zero-order valence-electron chi connectivity index (χ0n) is 59.2. The molecule has 0 aromatic rings. The van der Waals surface area contributed by atoms with Gasteiger partial charge in [0, 0.05) is 19.4 Å². The molecule has 0 bridgehead atoms. The van der Waals surface area contributed by atoms with E-state index in [0.29, 0.717) is 6.42 Å². The molecule has 0 aliphatic rings. The summed E-state index contributed by atoms with van der Waals surface area (Å²) in [5.41, 5.74) is 5.40. The van der Waals surface area contributed by atoms with E-state index < -0.39 is 32.5 Å². The third-order valence-electron chi connectivity index (χ3n) is 15.3. The number of carbonyl (C=O) groups excluding carboxylic acids is 2. The van der Waals surface area contributed by atoms with Gasteiger partial charge in [0.15, 0.2) is 6.10 Å². The van der Waals surface area contributed by atoms with Gasteiger partial charge in [-0.1, -0.05) is 325 Å². The molecule has 0 saturated heterocycles. The fraction of sp³-hybridized carbons (Fsp3) is 0.614. The number of hydrogen-bond donors (Lipinski definition) is 2. The molecule has 2 atom stereocenters. The van der Waals surface area contributed by atoms with Crippen LogP contribution in [-0.2, 0) is 32.7 Å². The third-order valence-corrected chi connectivity index (χ3v) is 16.3. The fourth-order valence-electron chi connectivity index (χ4n) is 9.80. The number of unbranched alkanes of at least 4 members (excludes halogenated alkanes) is 25. The molecule has 0 fully saturated rings. The van der Waals surface area contributed by atoms with Gasteiger partial charge >= 0.3 is 19.8 Å². The minimum Gasteiger partial charge on any atom is -0.462 e. The number of phosphoric ester groups is 1. The van der Waals surface area contributed by atoms with Gasteiger partial charge in [-0.15, -0.1) is 0 Å². The number of ether oxygens (including phenoxy) is 2. The first-order valence-corrected chi connectivity index (χ1v) is 38.8. The van der Waals surface area contributed by atoms with Gasteiger partial charge in [-0.25, -0.2) is 4.57 Å². The fourth-order valence-corrected chi connectivity index (χ4v) is 10.6. The largest absolute Gasteiger partial charge is 0.472 e. The Morgan fingerprint density at radius 1 is 0.333 bits per heavy atom.